The molecule has 0 amide bonds. The lowest BCUT2D eigenvalue weighted by Crippen LogP contribution is -2.34. The molecular weight excluding hydrogens is 418 g/mol. The molecule has 7 nitrogen and oxygen atoms in total. The Labute approximate surface area is 180 Å². The molecule has 0 saturated carbocycles. The predicted molar refractivity (Wildman–Crippen MR) is 117 cm³/mol. The maximum atomic E-state index is 12.5. The van der Waals surface area contributed by atoms with Gasteiger partial charge in [-0.25, -0.2) is 8.42 Å². The summed E-state index contributed by atoms with van der Waals surface area (Å²) >= 11 is 0. The van der Waals surface area contributed by atoms with Crippen LogP contribution >= 0.6 is 0 Å². The van der Waals surface area contributed by atoms with E-state index in [0.29, 0.717) is 41.8 Å². The van der Waals surface area contributed by atoms with Gasteiger partial charge in [0.2, 0.25) is 10.0 Å². The summed E-state index contributed by atoms with van der Waals surface area (Å²) in [6.45, 7) is 2.02. The second-order valence-corrected chi connectivity index (χ2v) is 9.71. The van der Waals surface area contributed by atoms with Crippen LogP contribution in [0.15, 0.2) is 47.1 Å². The zero-order valence-electron chi connectivity index (χ0n) is 17.4. The molecule has 0 saturated heterocycles. The number of carbonyl (C=O) groups excluding carboxylic acids is 2. The van der Waals surface area contributed by atoms with E-state index in [0.717, 1.165) is 16.5 Å². The number of fused-ring (bicyclic) bond motifs is 2. The van der Waals surface area contributed by atoms with Crippen LogP contribution in [0.1, 0.15) is 33.5 Å². The van der Waals surface area contributed by atoms with Crippen molar-refractivity contribution in [3.8, 4) is 0 Å². The van der Waals surface area contributed by atoms with E-state index in [1.807, 2.05) is 25.1 Å². The summed E-state index contributed by atoms with van der Waals surface area (Å²) in [6, 6.07) is 10.6. The molecule has 1 aliphatic rings. The first-order valence-electron chi connectivity index (χ1n) is 9.98. The number of hydrogen-bond donors (Lipinski definition) is 0. The van der Waals surface area contributed by atoms with Gasteiger partial charge in [0.1, 0.15) is 5.58 Å². The molecule has 0 atom stereocenters. The minimum absolute atomic E-state index is 0.0108. The van der Waals surface area contributed by atoms with Crippen LogP contribution in [0.4, 0.5) is 5.69 Å². The Morgan fingerprint density at radius 2 is 1.97 bits per heavy atom. The highest BCUT2D eigenvalue weighted by Crippen LogP contribution is 2.30. The SMILES string of the molecule is Cc1ccc2c(CC(=O)OCC(=O)c3ccc4c(c3)CCCN4S(C)(=O)=O)coc2c1. The van der Waals surface area contributed by atoms with E-state index in [4.69, 9.17) is 9.15 Å². The molecule has 31 heavy (non-hydrogen) atoms. The number of aryl methyl sites for hydroxylation is 2. The van der Waals surface area contributed by atoms with Gasteiger partial charge in [0.05, 0.1) is 24.6 Å². The highest BCUT2D eigenvalue weighted by molar-refractivity contribution is 7.92. The molecule has 4 rings (SSSR count). The van der Waals surface area contributed by atoms with Crippen LogP contribution in [0.2, 0.25) is 0 Å². The van der Waals surface area contributed by atoms with Crippen molar-refractivity contribution in [3.05, 3.63) is 64.9 Å². The predicted octanol–water partition coefficient (Wildman–Crippen LogP) is 3.42. The van der Waals surface area contributed by atoms with Crippen LogP contribution in [0, 0.1) is 6.92 Å². The molecule has 162 valence electrons. The largest absolute Gasteiger partial charge is 0.464 e. The molecule has 0 unspecified atom stereocenters. The van der Waals surface area contributed by atoms with Gasteiger partial charge in [0.15, 0.2) is 12.4 Å². The van der Waals surface area contributed by atoms with E-state index < -0.39 is 16.0 Å². The van der Waals surface area contributed by atoms with E-state index in [2.05, 4.69) is 0 Å². The Bertz CT molecular complexity index is 1270. The Balaban J connectivity index is 1.41. The topological polar surface area (TPSA) is 93.9 Å². The number of hydrogen-bond acceptors (Lipinski definition) is 6. The molecule has 0 radical (unpaired) electrons. The van der Waals surface area contributed by atoms with Gasteiger partial charge in [0.25, 0.3) is 0 Å². The van der Waals surface area contributed by atoms with E-state index in [9.17, 15) is 18.0 Å². The molecule has 2 aromatic carbocycles. The first-order chi connectivity index (χ1) is 14.7. The first-order valence-corrected chi connectivity index (χ1v) is 11.8. The summed E-state index contributed by atoms with van der Waals surface area (Å²) < 4.78 is 36.0. The number of furan rings is 1. The third-order valence-electron chi connectivity index (χ3n) is 5.39. The van der Waals surface area contributed by atoms with Crippen molar-refractivity contribution in [1.29, 1.82) is 0 Å². The van der Waals surface area contributed by atoms with Crippen molar-refractivity contribution >= 4 is 38.4 Å². The van der Waals surface area contributed by atoms with E-state index in [1.54, 1.807) is 18.2 Å². The monoisotopic (exact) mass is 441 g/mol. The van der Waals surface area contributed by atoms with Gasteiger partial charge in [0, 0.05) is 23.1 Å². The molecule has 1 aliphatic heterocycles. The van der Waals surface area contributed by atoms with Gasteiger partial charge in [-0.3, -0.25) is 13.9 Å². The third kappa shape index (κ3) is 4.49. The van der Waals surface area contributed by atoms with Gasteiger partial charge in [-0.2, -0.15) is 0 Å². The number of carbonyl (C=O) groups is 2. The number of sulfonamides is 1. The summed E-state index contributed by atoms with van der Waals surface area (Å²) in [5.41, 5.74) is 4.27. The summed E-state index contributed by atoms with van der Waals surface area (Å²) in [6.07, 6.45) is 4.09. The van der Waals surface area contributed by atoms with Crippen molar-refractivity contribution in [2.75, 3.05) is 23.7 Å². The summed E-state index contributed by atoms with van der Waals surface area (Å²) in [5, 5.41) is 0.846. The highest BCUT2D eigenvalue weighted by atomic mass is 32.2. The van der Waals surface area contributed by atoms with Crippen LogP contribution in [0.3, 0.4) is 0 Å². The molecule has 8 heteroatoms. The number of ether oxygens (including phenoxy) is 1. The van der Waals surface area contributed by atoms with Gasteiger partial charge in [-0.1, -0.05) is 12.1 Å². The Morgan fingerprint density at radius 3 is 2.74 bits per heavy atom. The molecule has 0 bridgehead atoms. The lowest BCUT2D eigenvalue weighted by molar-refractivity contribution is -0.141. The maximum absolute atomic E-state index is 12.5. The fraction of sp³-hybridized carbons (Fsp3) is 0.304. The Kier molecular flexibility index (Phi) is 5.58. The van der Waals surface area contributed by atoms with Crippen LogP contribution < -0.4 is 4.31 Å². The van der Waals surface area contributed by atoms with Crippen molar-refractivity contribution in [1.82, 2.24) is 0 Å². The van der Waals surface area contributed by atoms with Crippen LogP contribution in [-0.2, 0) is 32.4 Å². The number of benzene rings is 2. The number of anilines is 1. The molecular formula is C23H23NO6S. The second-order valence-electron chi connectivity index (χ2n) is 7.80. The number of rotatable bonds is 6. The van der Waals surface area contributed by atoms with Crippen molar-refractivity contribution in [3.63, 3.8) is 0 Å². The smallest absolute Gasteiger partial charge is 0.310 e. The number of nitrogens with zero attached hydrogens (tertiary/aromatic N) is 1. The summed E-state index contributed by atoms with van der Waals surface area (Å²) in [5.74, 6) is -0.849. The van der Waals surface area contributed by atoms with Crippen molar-refractivity contribution in [2.45, 2.75) is 26.2 Å². The lowest BCUT2D eigenvalue weighted by Gasteiger charge is -2.29. The average Bonchev–Trinajstić information content (AvgIpc) is 3.12. The minimum atomic E-state index is -3.37. The van der Waals surface area contributed by atoms with Crippen LogP contribution in [0.25, 0.3) is 11.0 Å². The zero-order chi connectivity index (χ0) is 22.2. The summed E-state index contributed by atoms with van der Waals surface area (Å²) in [4.78, 5) is 24.8. The Morgan fingerprint density at radius 1 is 1.16 bits per heavy atom. The second kappa shape index (κ2) is 8.19. The molecule has 3 aromatic rings. The van der Waals surface area contributed by atoms with Gasteiger partial charge < -0.3 is 9.15 Å². The van der Waals surface area contributed by atoms with Gasteiger partial charge in [-0.15, -0.1) is 0 Å². The third-order valence-corrected chi connectivity index (χ3v) is 6.57. The van der Waals surface area contributed by atoms with Gasteiger partial charge in [-0.05, 0) is 55.2 Å². The van der Waals surface area contributed by atoms with Crippen molar-refractivity contribution in [2.24, 2.45) is 0 Å². The van der Waals surface area contributed by atoms with E-state index >= 15 is 0 Å². The van der Waals surface area contributed by atoms with Crippen LogP contribution in [-0.4, -0.2) is 39.6 Å². The fourth-order valence-corrected chi connectivity index (χ4v) is 4.84. The number of ketones is 1. The molecule has 0 N–H and O–H groups in total. The van der Waals surface area contributed by atoms with E-state index in [-0.39, 0.29) is 18.8 Å². The lowest BCUT2D eigenvalue weighted by atomic mass is 9.99. The molecule has 2 heterocycles. The standard InChI is InChI=1S/C23H23NO6S/c1-15-5-7-19-18(13-29-22(19)10-15)12-23(26)30-14-21(25)17-6-8-20-16(11-17)4-3-9-24(20)31(2,27)28/h5-8,10-11,13H,3-4,9,12,14H2,1-2H3. The summed E-state index contributed by atoms with van der Waals surface area (Å²) in [7, 11) is -3.37. The highest BCUT2D eigenvalue weighted by Gasteiger charge is 2.25. The quantitative estimate of drug-likeness (QED) is 0.430. The normalized spacial score (nSPS) is 13.8. The number of esters is 1. The van der Waals surface area contributed by atoms with Crippen molar-refractivity contribution < 1.29 is 27.2 Å². The molecule has 0 aliphatic carbocycles. The zero-order valence-corrected chi connectivity index (χ0v) is 18.2. The van der Waals surface area contributed by atoms with E-state index in [1.165, 1.54) is 16.8 Å². The molecule has 1 aromatic heterocycles. The number of Topliss-reactive ketones (excluding diaryl/α,β-unsaturated/α-hetero) is 1. The Hall–Kier alpha value is -3.13. The average molecular weight is 442 g/mol. The molecule has 0 spiro atoms. The first kappa shape index (κ1) is 21.1. The van der Waals surface area contributed by atoms with Crippen LogP contribution in [0.5, 0.6) is 0 Å². The van der Waals surface area contributed by atoms with Gasteiger partial charge >= 0.3 is 5.97 Å². The fourth-order valence-electron chi connectivity index (χ4n) is 3.84. The molecule has 0 fully saturated rings. The maximum Gasteiger partial charge on any atom is 0.310 e. The minimum Gasteiger partial charge on any atom is -0.464 e.